The van der Waals surface area contributed by atoms with Crippen LogP contribution in [-0.2, 0) is 20.8 Å². The van der Waals surface area contributed by atoms with Gasteiger partial charge >= 0.3 is 0 Å². The van der Waals surface area contributed by atoms with Crippen molar-refractivity contribution in [2.75, 3.05) is 4.90 Å². The van der Waals surface area contributed by atoms with Crippen LogP contribution in [-0.4, -0.2) is 34.2 Å². The maximum Gasteiger partial charge on any atom is 0.257 e. The highest BCUT2D eigenvalue weighted by Gasteiger charge is 2.48. The number of amides is 3. The van der Waals surface area contributed by atoms with Gasteiger partial charge in [-0.05, 0) is 84.8 Å². The summed E-state index contributed by atoms with van der Waals surface area (Å²) in [6.45, 7) is 5.83. The molecule has 158 valence electrons. The lowest BCUT2D eigenvalue weighted by atomic mass is 9.94. The molecule has 0 aromatic heterocycles. The third kappa shape index (κ3) is 4.70. The maximum atomic E-state index is 13.3. The van der Waals surface area contributed by atoms with Crippen LogP contribution in [0.1, 0.15) is 39.2 Å². The van der Waals surface area contributed by atoms with Crippen molar-refractivity contribution in [1.29, 1.82) is 0 Å². The second-order valence-corrected chi connectivity index (χ2v) is 9.68. The number of hydrogen-bond donors (Lipinski definition) is 0. The van der Waals surface area contributed by atoms with Gasteiger partial charge < -0.3 is 4.90 Å². The van der Waals surface area contributed by atoms with Crippen molar-refractivity contribution in [2.24, 2.45) is 0 Å². The number of halogens is 2. The maximum absolute atomic E-state index is 13.3. The highest BCUT2D eigenvalue weighted by atomic mass is 127. The molecular formula is C23H24ClIN2O3. The number of rotatable bonds is 6. The quantitative estimate of drug-likeness (QED) is 0.391. The molecule has 1 heterocycles. The van der Waals surface area contributed by atoms with Crippen molar-refractivity contribution < 1.29 is 14.4 Å². The van der Waals surface area contributed by atoms with Gasteiger partial charge in [0.2, 0.25) is 11.8 Å². The topological polar surface area (TPSA) is 57.7 Å². The molecule has 3 rings (SSSR count). The Hall–Kier alpha value is -1.93. The first-order valence-electron chi connectivity index (χ1n) is 9.83. The van der Waals surface area contributed by atoms with E-state index < -0.39 is 11.6 Å². The molecule has 0 radical (unpaired) electrons. The second kappa shape index (κ2) is 9.06. The number of hydrogen-bond acceptors (Lipinski definition) is 3. The van der Waals surface area contributed by atoms with Crippen molar-refractivity contribution in [1.82, 2.24) is 4.90 Å². The highest BCUT2D eigenvalue weighted by Crippen LogP contribution is 2.32. The van der Waals surface area contributed by atoms with E-state index in [4.69, 9.17) is 11.6 Å². The van der Waals surface area contributed by atoms with Crippen molar-refractivity contribution in [2.45, 2.75) is 51.6 Å². The van der Waals surface area contributed by atoms with Crippen LogP contribution in [0.3, 0.4) is 0 Å². The molecule has 0 N–H and O–H groups in total. The van der Waals surface area contributed by atoms with E-state index in [0.29, 0.717) is 17.1 Å². The van der Waals surface area contributed by atoms with Crippen LogP contribution < -0.4 is 4.90 Å². The number of benzene rings is 2. The Bertz CT molecular complexity index is 957. The SMILES string of the molecule is CCC(C)(C)N(C(=O)Cc1ccc(Cl)cc1)C1CC(=O)N(c2ccc(I)cc2)C1=O. The zero-order chi connectivity index (χ0) is 22.1. The van der Waals surface area contributed by atoms with E-state index >= 15 is 0 Å². The van der Waals surface area contributed by atoms with Crippen LogP contribution in [0.15, 0.2) is 48.5 Å². The van der Waals surface area contributed by atoms with E-state index in [2.05, 4.69) is 22.6 Å². The largest absolute Gasteiger partial charge is 0.325 e. The fraction of sp³-hybridized carbons (Fsp3) is 0.348. The van der Waals surface area contributed by atoms with Crippen molar-refractivity contribution in [3.8, 4) is 0 Å². The summed E-state index contributed by atoms with van der Waals surface area (Å²) in [5.41, 5.74) is 0.770. The molecule has 0 aliphatic carbocycles. The molecule has 1 fully saturated rings. The Labute approximate surface area is 195 Å². The molecule has 0 saturated carbocycles. The van der Waals surface area contributed by atoms with Gasteiger partial charge in [-0.15, -0.1) is 0 Å². The van der Waals surface area contributed by atoms with Crippen LogP contribution in [0.2, 0.25) is 5.02 Å². The van der Waals surface area contributed by atoms with Crippen LogP contribution in [0, 0.1) is 3.57 Å². The number of imide groups is 1. The molecule has 1 aliphatic rings. The minimum Gasteiger partial charge on any atom is -0.325 e. The van der Waals surface area contributed by atoms with Gasteiger partial charge in [0.15, 0.2) is 0 Å². The van der Waals surface area contributed by atoms with E-state index in [0.717, 1.165) is 9.13 Å². The molecule has 2 aromatic rings. The average molecular weight is 539 g/mol. The average Bonchev–Trinajstić information content (AvgIpc) is 2.98. The summed E-state index contributed by atoms with van der Waals surface area (Å²) in [6, 6.07) is 13.5. The molecule has 1 unspecified atom stereocenters. The Morgan fingerprint density at radius 2 is 1.73 bits per heavy atom. The predicted molar refractivity (Wildman–Crippen MR) is 126 cm³/mol. The van der Waals surface area contributed by atoms with Crippen LogP contribution in [0.5, 0.6) is 0 Å². The van der Waals surface area contributed by atoms with E-state index in [1.165, 1.54) is 4.90 Å². The fourth-order valence-electron chi connectivity index (χ4n) is 3.64. The lowest BCUT2D eigenvalue weighted by molar-refractivity contribution is -0.144. The van der Waals surface area contributed by atoms with Gasteiger partial charge in [-0.1, -0.05) is 30.7 Å². The first-order chi connectivity index (χ1) is 14.1. The Kier molecular flexibility index (Phi) is 6.87. The number of anilines is 1. The Morgan fingerprint density at radius 1 is 1.13 bits per heavy atom. The molecule has 0 bridgehead atoms. The van der Waals surface area contributed by atoms with E-state index in [9.17, 15) is 14.4 Å². The van der Waals surface area contributed by atoms with Crippen molar-refractivity contribution in [3.63, 3.8) is 0 Å². The zero-order valence-corrected chi connectivity index (χ0v) is 20.1. The van der Waals surface area contributed by atoms with Gasteiger partial charge in [-0.2, -0.15) is 0 Å². The van der Waals surface area contributed by atoms with Gasteiger partial charge in [0, 0.05) is 14.1 Å². The molecule has 2 aromatic carbocycles. The second-order valence-electron chi connectivity index (χ2n) is 8.00. The first kappa shape index (κ1) is 22.7. The summed E-state index contributed by atoms with van der Waals surface area (Å²) in [7, 11) is 0. The summed E-state index contributed by atoms with van der Waals surface area (Å²) in [5.74, 6) is -0.825. The molecular weight excluding hydrogens is 515 g/mol. The lowest BCUT2D eigenvalue weighted by Crippen LogP contribution is -2.56. The fourth-order valence-corrected chi connectivity index (χ4v) is 4.13. The van der Waals surface area contributed by atoms with Gasteiger partial charge in [0.05, 0.1) is 18.5 Å². The summed E-state index contributed by atoms with van der Waals surface area (Å²) in [6.07, 6.45) is 0.781. The molecule has 30 heavy (non-hydrogen) atoms. The van der Waals surface area contributed by atoms with E-state index in [1.54, 1.807) is 41.3 Å². The van der Waals surface area contributed by atoms with Crippen LogP contribution >= 0.6 is 34.2 Å². The van der Waals surface area contributed by atoms with E-state index in [1.807, 2.05) is 32.9 Å². The van der Waals surface area contributed by atoms with Crippen molar-refractivity contribution in [3.05, 3.63) is 62.7 Å². The number of carbonyl (C=O) groups excluding carboxylic acids is 3. The Balaban J connectivity index is 1.91. The molecule has 5 nitrogen and oxygen atoms in total. The summed E-state index contributed by atoms with van der Waals surface area (Å²) in [4.78, 5) is 42.2. The van der Waals surface area contributed by atoms with Gasteiger partial charge in [0.25, 0.3) is 5.91 Å². The minimum absolute atomic E-state index is 0.0133. The van der Waals surface area contributed by atoms with Crippen LogP contribution in [0.25, 0.3) is 0 Å². The molecule has 1 atom stereocenters. The summed E-state index contributed by atoms with van der Waals surface area (Å²) in [5, 5.41) is 0.599. The molecule has 1 saturated heterocycles. The normalized spacial score (nSPS) is 16.8. The third-order valence-electron chi connectivity index (χ3n) is 5.57. The number of nitrogens with zero attached hydrogens (tertiary/aromatic N) is 2. The molecule has 0 spiro atoms. The zero-order valence-electron chi connectivity index (χ0n) is 17.2. The van der Waals surface area contributed by atoms with Crippen molar-refractivity contribution >= 4 is 57.6 Å². The van der Waals surface area contributed by atoms with Crippen LogP contribution in [0.4, 0.5) is 5.69 Å². The number of carbonyl (C=O) groups is 3. The van der Waals surface area contributed by atoms with Gasteiger partial charge in [-0.3, -0.25) is 14.4 Å². The first-order valence-corrected chi connectivity index (χ1v) is 11.3. The summed E-state index contributed by atoms with van der Waals surface area (Å²) < 4.78 is 1.01. The monoisotopic (exact) mass is 538 g/mol. The molecule has 7 heteroatoms. The highest BCUT2D eigenvalue weighted by molar-refractivity contribution is 14.1. The van der Waals surface area contributed by atoms with E-state index in [-0.39, 0.29) is 30.6 Å². The van der Waals surface area contributed by atoms with Gasteiger partial charge in [-0.25, -0.2) is 4.90 Å². The Morgan fingerprint density at radius 3 is 2.30 bits per heavy atom. The molecule has 3 amide bonds. The predicted octanol–water partition coefficient (Wildman–Crippen LogP) is 4.84. The standard InChI is InChI=1S/C23H24ClIN2O3/c1-4-23(2,3)27(21(29)13-15-5-7-16(24)8-6-15)19-14-20(28)26(22(19)30)18-11-9-17(25)10-12-18/h5-12,19H,4,13-14H2,1-3H3. The summed E-state index contributed by atoms with van der Waals surface area (Å²) >= 11 is 8.12. The minimum atomic E-state index is -0.813. The lowest BCUT2D eigenvalue weighted by Gasteiger charge is -2.41. The van der Waals surface area contributed by atoms with Gasteiger partial charge in [0.1, 0.15) is 6.04 Å². The smallest absolute Gasteiger partial charge is 0.257 e. The third-order valence-corrected chi connectivity index (χ3v) is 6.55. The molecule has 1 aliphatic heterocycles.